The molecule has 2 heterocycles. The summed E-state index contributed by atoms with van der Waals surface area (Å²) in [5, 5.41) is 38.1. The van der Waals surface area contributed by atoms with E-state index in [1.54, 1.807) is 24.4 Å². The number of fused-ring (bicyclic) bond motifs is 3. The van der Waals surface area contributed by atoms with Crippen molar-refractivity contribution in [3.8, 4) is 11.1 Å². The van der Waals surface area contributed by atoms with Gasteiger partial charge in [0.25, 0.3) is 11.8 Å². The quantitative estimate of drug-likeness (QED) is 0.0162. The SMILES string of the molecule is C[C@@H](NC(=O)[C@@H]1C[C@](F)(COCCNC(=O)CC[C@H](NC(=O)CCCCCCCCCCCCCCCCC(=O)O)C(=O)O)CN1C(=O)CNC(=O)c1ccc2c(c1)-c1ccccc1C2(F)F)c1cc(C(=N)N)cs1. The summed E-state index contributed by atoms with van der Waals surface area (Å²) in [6.07, 6.45) is 14.0. The highest BCUT2D eigenvalue weighted by Crippen LogP contribution is 2.51. The van der Waals surface area contributed by atoms with Crippen molar-refractivity contribution in [2.45, 2.75) is 159 Å². The fourth-order valence-electron chi connectivity index (χ4n) is 9.41. The van der Waals surface area contributed by atoms with E-state index in [1.807, 2.05) is 0 Å². The number of carbonyl (C=O) groups is 7. The Hall–Kier alpha value is -6.35. The number of hydrogen-bond acceptors (Lipinski definition) is 10. The lowest BCUT2D eigenvalue weighted by Gasteiger charge is -2.25. The van der Waals surface area contributed by atoms with Gasteiger partial charge in [-0.15, -0.1) is 11.3 Å². The predicted octanol–water partition coefficient (Wildman–Crippen LogP) is 7.88. The van der Waals surface area contributed by atoms with Crippen molar-refractivity contribution >= 4 is 58.6 Å². The lowest BCUT2D eigenvalue weighted by atomic mass is 10.0. The zero-order chi connectivity index (χ0) is 54.5. The number of unbranched alkanes of at least 4 members (excludes halogenated alkanes) is 13. The van der Waals surface area contributed by atoms with Crippen molar-refractivity contribution in [1.29, 1.82) is 5.41 Å². The van der Waals surface area contributed by atoms with Gasteiger partial charge in [0.2, 0.25) is 23.6 Å². The van der Waals surface area contributed by atoms with Crippen LogP contribution in [-0.2, 0) is 39.4 Å². The average Bonchev–Trinajstić information content (AvgIpc) is 4.08. The summed E-state index contributed by atoms with van der Waals surface area (Å²) in [6.45, 7) is -0.417. The number of carboxylic acid groups (broad SMARTS) is 2. The molecule has 3 aromatic rings. The van der Waals surface area contributed by atoms with E-state index in [2.05, 4.69) is 21.3 Å². The molecule has 1 saturated heterocycles. The third-order valence-corrected chi connectivity index (χ3v) is 14.7. The van der Waals surface area contributed by atoms with Crippen molar-refractivity contribution in [1.82, 2.24) is 26.2 Å². The van der Waals surface area contributed by atoms with E-state index < -0.39 is 97.3 Å². The molecule has 1 aromatic heterocycles. The smallest absolute Gasteiger partial charge is 0.326 e. The Balaban J connectivity index is 1.02. The highest BCUT2D eigenvalue weighted by atomic mass is 32.1. The van der Waals surface area contributed by atoms with E-state index >= 15 is 13.2 Å². The highest BCUT2D eigenvalue weighted by molar-refractivity contribution is 7.10. The van der Waals surface area contributed by atoms with Crippen molar-refractivity contribution < 1.29 is 61.7 Å². The van der Waals surface area contributed by atoms with Gasteiger partial charge in [-0.25, -0.2) is 9.18 Å². The van der Waals surface area contributed by atoms with Crippen molar-refractivity contribution in [3.05, 3.63) is 81.0 Å². The Morgan fingerprint density at radius 3 is 2.00 bits per heavy atom. The van der Waals surface area contributed by atoms with Gasteiger partial charge >= 0.3 is 11.9 Å². The molecule has 0 radical (unpaired) electrons. The van der Waals surface area contributed by atoms with Crippen molar-refractivity contribution in [3.63, 3.8) is 0 Å². The largest absolute Gasteiger partial charge is 0.481 e. The van der Waals surface area contributed by atoms with Crippen LogP contribution in [0.3, 0.4) is 0 Å². The second-order valence-electron chi connectivity index (χ2n) is 19.6. The molecule has 17 nitrogen and oxygen atoms in total. The number of benzene rings is 2. The topological polar surface area (TPSA) is 270 Å². The summed E-state index contributed by atoms with van der Waals surface area (Å²) < 4.78 is 52.5. The van der Waals surface area contributed by atoms with Crippen LogP contribution in [0.5, 0.6) is 0 Å². The number of ether oxygens (including phenoxy) is 1. The fraction of sp³-hybridized carbons (Fsp3) is 0.556. The summed E-state index contributed by atoms with van der Waals surface area (Å²) in [5.74, 6) is -8.61. The maximum absolute atomic E-state index is 16.6. The third-order valence-electron chi connectivity index (χ3n) is 13.6. The number of nitrogens with zero attached hydrogens (tertiary/aromatic N) is 1. The van der Waals surface area contributed by atoms with E-state index in [0.717, 1.165) is 68.8 Å². The van der Waals surface area contributed by atoms with Crippen molar-refractivity contribution in [2.75, 3.05) is 32.8 Å². The minimum Gasteiger partial charge on any atom is -0.481 e. The van der Waals surface area contributed by atoms with Crippen LogP contribution in [0.25, 0.3) is 11.1 Å². The number of carbonyl (C=O) groups excluding carboxylic acids is 5. The Labute approximate surface area is 439 Å². The van der Waals surface area contributed by atoms with Gasteiger partial charge in [0.15, 0.2) is 5.67 Å². The molecule has 75 heavy (non-hydrogen) atoms. The Bertz CT molecular complexity index is 2470. The molecule has 2 aliphatic rings. The number of carboxylic acids is 2. The minimum atomic E-state index is -3.26. The van der Waals surface area contributed by atoms with Gasteiger partial charge in [-0.05, 0) is 55.5 Å². The molecule has 1 fully saturated rings. The Kier molecular flexibility index (Phi) is 23.1. The first-order valence-corrected chi connectivity index (χ1v) is 26.9. The highest BCUT2D eigenvalue weighted by Gasteiger charge is 2.50. The van der Waals surface area contributed by atoms with E-state index in [-0.39, 0.29) is 72.5 Å². The van der Waals surface area contributed by atoms with Gasteiger partial charge < -0.3 is 46.9 Å². The number of nitrogens with two attached hydrogens (primary N) is 1. The van der Waals surface area contributed by atoms with Crippen LogP contribution < -0.4 is 27.0 Å². The standard InChI is InChI=1S/C54H72F3N7O10S/c1-35(44-29-37(32-75-44)49(58)59)62-51(71)43-30-53(55,33-64(43)47(67)31-61-50(70)36-22-23-41-39(28-36)38-18-16-17-19-40(38)54(41,56)57)34-74-27-26-60-45(65)25-24-42(52(72)73)63-46(66)20-14-12-10-8-6-4-2-3-5-7-9-11-13-15-21-48(68)69/h16-19,22-23,28-29,32,35,42-43H,2-15,20-21,24-27,30-31,33-34H2,1H3,(H3,58,59)(H,60,65)(H,61,70)(H,62,71)(H,63,66)(H,68,69)(H,72,73)/t35-,42+,43+,53-/m1/s1. The molecule has 410 valence electrons. The number of nitrogens with one attached hydrogen (secondary N) is 5. The maximum Gasteiger partial charge on any atom is 0.326 e. The number of rotatable bonds is 34. The number of amides is 5. The van der Waals surface area contributed by atoms with Crippen LogP contribution in [-0.4, -0.2) is 113 Å². The summed E-state index contributed by atoms with van der Waals surface area (Å²) in [6, 6.07) is 8.07. The normalized spacial score (nSPS) is 17.1. The number of nitrogen functional groups attached to an aromatic ring is 1. The Morgan fingerprint density at radius 2 is 1.39 bits per heavy atom. The molecule has 21 heteroatoms. The average molecular weight is 1070 g/mol. The zero-order valence-electron chi connectivity index (χ0n) is 42.6. The molecule has 2 aromatic carbocycles. The lowest BCUT2D eigenvalue weighted by Crippen LogP contribution is -2.49. The van der Waals surface area contributed by atoms with E-state index in [0.29, 0.717) is 16.9 Å². The van der Waals surface area contributed by atoms with E-state index in [4.69, 9.17) is 21.0 Å². The van der Waals surface area contributed by atoms with Crippen LogP contribution >= 0.6 is 11.3 Å². The van der Waals surface area contributed by atoms with Crippen LogP contribution in [0.1, 0.15) is 167 Å². The first kappa shape index (κ1) is 59.5. The predicted molar refractivity (Wildman–Crippen MR) is 277 cm³/mol. The molecule has 9 N–H and O–H groups in total. The molecule has 0 spiro atoms. The second-order valence-corrected chi connectivity index (χ2v) is 20.5. The second kappa shape index (κ2) is 29.1. The summed E-state index contributed by atoms with van der Waals surface area (Å²) >= 11 is 1.25. The van der Waals surface area contributed by atoms with Gasteiger partial charge in [-0.1, -0.05) is 107 Å². The molecular weight excluding hydrogens is 996 g/mol. The van der Waals surface area contributed by atoms with Crippen LogP contribution in [0.4, 0.5) is 13.2 Å². The third kappa shape index (κ3) is 18.2. The van der Waals surface area contributed by atoms with Gasteiger partial charge in [0.1, 0.15) is 17.9 Å². The first-order valence-electron chi connectivity index (χ1n) is 26.0. The molecule has 1 aliphatic carbocycles. The van der Waals surface area contributed by atoms with Gasteiger partial charge in [0.05, 0.1) is 32.3 Å². The zero-order valence-corrected chi connectivity index (χ0v) is 43.4. The minimum absolute atomic E-state index is 0.00617. The monoisotopic (exact) mass is 1070 g/mol. The summed E-state index contributed by atoms with van der Waals surface area (Å²) in [4.78, 5) is 90.1. The van der Waals surface area contributed by atoms with Crippen LogP contribution in [0.15, 0.2) is 53.9 Å². The van der Waals surface area contributed by atoms with Gasteiger partial charge in [-0.2, -0.15) is 8.78 Å². The molecule has 0 unspecified atom stereocenters. The van der Waals surface area contributed by atoms with E-state index in [1.165, 1.54) is 67.4 Å². The number of halogens is 3. The number of hydrogen-bond donors (Lipinski definition) is 8. The number of likely N-dealkylation sites (tertiary alicyclic amines) is 1. The number of alkyl halides is 3. The molecule has 1 aliphatic heterocycles. The molecule has 5 amide bonds. The fourth-order valence-corrected chi connectivity index (χ4v) is 10.3. The maximum atomic E-state index is 16.6. The summed E-state index contributed by atoms with van der Waals surface area (Å²) in [5.41, 5.74) is 3.82. The lowest BCUT2D eigenvalue weighted by molar-refractivity contribution is -0.142. The number of thiophene rings is 1. The van der Waals surface area contributed by atoms with Gasteiger partial charge in [0, 0.05) is 64.7 Å². The molecular formula is C54H72F3N7O10S. The van der Waals surface area contributed by atoms with Crippen LogP contribution in [0.2, 0.25) is 0 Å². The number of aliphatic carboxylic acids is 2. The Morgan fingerprint density at radius 1 is 0.773 bits per heavy atom. The van der Waals surface area contributed by atoms with Gasteiger partial charge in [-0.3, -0.25) is 34.2 Å². The first-order chi connectivity index (χ1) is 35.8. The van der Waals surface area contributed by atoms with Crippen LogP contribution in [0, 0.1) is 5.41 Å². The van der Waals surface area contributed by atoms with Crippen molar-refractivity contribution in [2.24, 2.45) is 5.73 Å². The summed E-state index contributed by atoms with van der Waals surface area (Å²) in [7, 11) is 0. The number of amidine groups is 1. The molecule has 0 bridgehead atoms. The molecule has 5 rings (SSSR count). The molecule has 0 saturated carbocycles. The van der Waals surface area contributed by atoms with E-state index in [9.17, 15) is 38.7 Å². The molecule has 4 atom stereocenters.